The lowest BCUT2D eigenvalue weighted by Crippen LogP contribution is -2.50. The quantitative estimate of drug-likeness (QED) is 0.723. The number of rotatable bonds is 5. The van der Waals surface area contributed by atoms with Crippen LogP contribution in [0.25, 0.3) is 11.4 Å². The van der Waals surface area contributed by atoms with Gasteiger partial charge in [-0.1, -0.05) is 31.3 Å². The zero-order chi connectivity index (χ0) is 21.0. The maximum Gasteiger partial charge on any atom is 0.241 e. The van der Waals surface area contributed by atoms with Gasteiger partial charge in [-0.2, -0.15) is 4.98 Å². The molecule has 0 spiro atoms. The largest absolute Gasteiger partial charge is 0.356 e. The van der Waals surface area contributed by atoms with Gasteiger partial charge in [0.2, 0.25) is 11.7 Å². The van der Waals surface area contributed by atoms with Gasteiger partial charge in [0.05, 0.1) is 6.54 Å². The summed E-state index contributed by atoms with van der Waals surface area (Å²) in [7, 11) is 0. The molecule has 7 nitrogen and oxygen atoms in total. The molecule has 1 unspecified atom stereocenters. The molecule has 3 aliphatic rings. The first-order chi connectivity index (χ1) is 15.2. The van der Waals surface area contributed by atoms with Crippen LogP contribution in [-0.2, 0) is 6.54 Å². The summed E-state index contributed by atoms with van der Waals surface area (Å²) in [5, 5.41) is 4.22. The van der Waals surface area contributed by atoms with Crippen molar-refractivity contribution in [3.05, 3.63) is 24.2 Å². The van der Waals surface area contributed by atoms with E-state index in [1.807, 2.05) is 6.20 Å². The van der Waals surface area contributed by atoms with Crippen LogP contribution < -0.4 is 4.90 Å². The average Bonchev–Trinajstić information content (AvgIpc) is 3.29. The number of piperidine rings is 1. The van der Waals surface area contributed by atoms with Crippen LogP contribution in [0.3, 0.4) is 0 Å². The molecule has 168 valence electrons. The van der Waals surface area contributed by atoms with Crippen molar-refractivity contribution in [1.29, 1.82) is 0 Å². The topological polar surface area (TPSA) is 61.5 Å². The van der Waals surface area contributed by atoms with Crippen molar-refractivity contribution in [2.75, 3.05) is 44.2 Å². The molecular formula is C24H36N6O. The van der Waals surface area contributed by atoms with Gasteiger partial charge in [0.15, 0.2) is 0 Å². The first-order valence-corrected chi connectivity index (χ1v) is 12.2. The highest BCUT2D eigenvalue weighted by molar-refractivity contribution is 5.55. The van der Waals surface area contributed by atoms with E-state index in [4.69, 9.17) is 4.52 Å². The minimum Gasteiger partial charge on any atom is -0.356 e. The standard InChI is InChI=1S/C24H36N6O/c1-19-6-5-11-30(17-19)22-10-9-20(16-25-22)24-26-23(31-27-24)18-28-12-14-29(15-13-28)21-7-3-2-4-8-21/h9-10,16,19,21H,2-8,11-15,17-18H2,1H3. The van der Waals surface area contributed by atoms with Crippen LogP contribution in [0.15, 0.2) is 22.9 Å². The molecule has 5 rings (SSSR count). The minimum atomic E-state index is 0.641. The first kappa shape index (κ1) is 20.9. The van der Waals surface area contributed by atoms with Crippen molar-refractivity contribution in [3.8, 4) is 11.4 Å². The fourth-order valence-electron chi connectivity index (χ4n) is 5.46. The summed E-state index contributed by atoms with van der Waals surface area (Å²) in [6.07, 6.45) is 11.4. The number of aromatic nitrogens is 3. The Kier molecular flexibility index (Phi) is 6.50. The van der Waals surface area contributed by atoms with Crippen LogP contribution in [0.5, 0.6) is 0 Å². The summed E-state index contributed by atoms with van der Waals surface area (Å²) in [6.45, 7) is 9.72. The maximum absolute atomic E-state index is 5.57. The third-order valence-corrected chi connectivity index (χ3v) is 7.31. The zero-order valence-electron chi connectivity index (χ0n) is 18.9. The Morgan fingerprint density at radius 1 is 0.968 bits per heavy atom. The van der Waals surface area contributed by atoms with Crippen LogP contribution in [0.1, 0.15) is 57.8 Å². The van der Waals surface area contributed by atoms with E-state index in [0.29, 0.717) is 11.7 Å². The molecule has 0 amide bonds. The summed E-state index contributed by atoms with van der Waals surface area (Å²) >= 11 is 0. The number of anilines is 1. The lowest BCUT2D eigenvalue weighted by Gasteiger charge is -2.40. The average molecular weight is 425 g/mol. The van der Waals surface area contributed by atoms with Gasteiger partial charge in [0, 0.05) is 57.1 Å². The predicted molar refractivity (Wildman–Crippen MR) is 122 cm³/mol. The molecule has 3 fully saturated rings. The lowest BCUT2D eigenvalue weighted by atomic mass is 9.94. The van der Waals surface area contributed by atoms with Crippen molar-refractivity contribution < 1.29 is 4.52 Å². The monoisotopic (exact) mass is 424 g/mol. The number of nitrogens with zero attached hydrogens (tertiary/aromatic N) is 6. The van der Waals surface area contributed by atoms with E-state index < -0.39 is 0 Å². The summed E-state index contributed by atoms with van der Waals surface area (Å²) in [5.74, 6) is 3.13. The van der Waals surface area contributed by atoms with Crippen LogP contribution in [-0.4, -0.2) is 70.2 Å². The highest BCUT2D eigenvalue weighted by Crippen LogP contribution is 2.25. The van der Waals surface area contributed by atoms with E-state index >= 15 is 0 Å². The molecule has 2 aromatic rings. The lowest BCUT2D eigenvalue weighted by molar-refractivity contribution is 0.0702. The van der Waals surface area contributed by atoms with Gasteiger partial charge >= 0.3 is 0 Å². The number of pyridine rings is 1. The molecule has 1 aliphatic carbocycles. The Morgan fingerprint density at radius 3 is 2.55 bits per heavy atom. The molecule has 0 radical (unpaired) electrons. The second kappa shape index (κ2) is 9.65. The SMILES string of the molecule is CC1CCCN(c2ccc(-c3noc(CN4CCN(C5CCCCC5)CC4)n3)cn2)C1. The molecule has 0 aromatic carbocycles. The van der Waals surface area contributed by atoms with Crippen LogP contribution in [0.4, 0.5) is 5.82 Å². The number of piperazine rings is 1. The van der Waals surface area contributed by atoms with Gasteiger partial charge in [0.1, 0.15) is 5.82 Å². The number of hydrogen-bond donors (Lipinski definition) is 0. The van der Waals surface area contributed by atoms with Crippen LogP contribution in [0, 0.1) is 5.92 Å². The van der Waals surface area contributed by atoms with E-state index in [1.54, 1.807) is 0 Å². The van der Waals surface area contributed by atoms with Crippen molar-refractivity contribution in [2.24, 2.45) is 5.92 Å². The van der Waals surface area contributed by atoms with Crippen molar-refractivity contribution >= 4 is 5.82 Å². The predicted octanol–water partition coefficient (Wildman–Crippen LogP) is 3.82. The summed E-state index contributed by atoms with van der Waals surface area (Å²) in [6, 6.07) is 4.97. The fraction of sp³-hybridized carbons (Fsp3) is 0.708. The van der Waals surface area contributed by atoms with Gasteiger partial charge in [-0.15, -0.1) is 0 Å². The molecule has 2 aliphatic heterocycles. The van der Waals surface area contributed by atoms with Crippen molar-refractivity contribution in [1.82, 2.24) is 24.9 Å². The minimum absolute atomic E-state index is 0.641. The third kappa shape index (κ3) is 5.09. The fourth-order valence-corrected chi connectivity index (χ4v) is 5.46. The van der Waals surface area contributed by atoms with E-state index in [-0.39, 0.29) is 0 Å². The molecule has 2 aromatic heterocycles. The molecule has 2 saturated heterocycles. The summed E-state index contributed by atoms with van der Waals surface area (Å²) in [5.41, 5.74) is 0.922. The molecule has 0 N–H and O–H groups in total. The highest BCUT2D eigenvalue weighted by atomic mass is 16.5. The van der Waals surface area contributed by atoms with Crippen LogP contribution >= 0.6 is 0 Å². The Morgan fingerprint density at radius 2 is 1.81 bits per heavy atom. The second-order valence-corrected chi connectivity index (χ2v) is 9.71. The van der Waals surface area contributed by atoms with Gasteiger partial charge < -0.3 is 9.42 Å². The zero-order valence-corrected chi connectivity index (χ0v) is 18.9. The van der Waals surface area contributed by atoms with E-state index in [2.05, 4.69) is 48.9 Å². The molecule has 7 heteroatoms. The van der Waals surface area contributed by atoms with Crippen molar-refractivity contribution in [3.63, 3.8) is 0 Å². The normalized spacial score (nSPS) is 24.5. The molecule has 1 atom stereocenters. The van der Waals surface area contributed by atoms with Gasteiger partial charge in [-0.25, -0.2) is 4.98 Å². The Labute approximate surface area is 185 Å². The van der Waals surface area contributed by atoms with E-state index in [0.717, 1.165) is 69.2 Å². The first-order valence-electron chi connectivity index (χ1n) is 12.2. The highest BCUT2D eigenvalue weighted by Gasteiger charge is 2.26. The van der Waals surface area contributed by atoms with Gasteiger partial charge in [0.25, 0.3) is 0 Å². The molecule has 31 heavy (non-hydrogen) atoms. The maximum atomic E-state index is 5.57. The van der Waals surface area contributed by atoms with Crippen molar-refractivity contribution in [2.45, 2.75) is 64.5 Å². The third-order valence-electron chi connectivity index (χ3n) is 7.31. The van der Waals surface area contributed by atoms with Crippen LogP contribution in [0.2, 0.25) is 0 Å². The molecular weight excluding hydrogens is 388 g/mol. The number of hydrogen-bond acceptors (Lipinski definition) is 7. The Balaban J connectivity index is 1.14. The smallest absolute Gasteiger partial charge is 0.241 e. The summed E-state index contributed by atoms with van der Waals surface area (Å²) in [4.78, 5) is 16.9. The molecule has 0 bridgehead atoms. The Bertz CT molecular complexity index is 823. The van der Waals surface area contributed by atoms with Gasteiger partial charge in [-0.3, -0.25) is 9.80 Å². The Hall–Kier alpha value is -1.99. The molecule has 4 heterocycles. The summed E-state index contributed by atoms with van der Waals surface area (Å²) < 4.78 is 5.57. The van der Waals surface area contributed by atoms with Gasteiger partial charge in [-0.05, 0) is 43.7 Å². The second-order valence-electron chi connectivity index (χ2n) is 9.71. The molecule has 1 saturated carbocycles. The van der Waals surface area contributed by atoms with E-state index in [1.165, 1.54) is 44.9 Å². The van der Waals surface area contributed by atoms with E-state index in [9.17, 15) is 0 Å².